The molecule has 1 saturated heterocycles. The van der Waals surface area contributed by atoms with Gasteiger partial charge in [0.2, 0.25) is 5.91 Å². The van der Waals surface area contributed by atoms with E-state index in [0.29, 0.717) is 17.8 Å². The maximum absolute atomic E-state index is 12.1. The number of carbonyl (C=O) groups is 2. The molecule has 0 aliphatic carbocycles. The molecule has 1 atom stereocenters. The standard InChI is InChI=1S/C14H13N3O2/c1-2-7-16-12-8-13(18)17(14(12)19)11-5-3-10(9-15)4-6-11/h2-6,12,16H,1,7-8H2. The van der Waals surface area contributed by atoms with E-state index in [1.807, 2.05) is 6.07 Å². The van der Waals surface area contributed by atoms with Crippen LogP contribution < -0.4 is 10.2 Å². The van der Waals surface area contributed by atoms with Crippen molar-refractivity contribution in [2.75, 3.05) is 11.4 Å². The fourth-order valence-electron chi connectivity index (χ4n) is 1.97. The smallest absolute Gasteiger partial charge is 0.251 e. The van der Waals surface area contributed by atoms with Crippen LogP contribution in [0.4, 0.5) is 5.69 Å². The van der Waals surface area contributed by atoms with Crippen molar-refractivity contribution in [1.82, 2.24) is 5.32 Å². The highest BCUT2D eigenvalue weighted by Crippen LogP contribution is 2.23. The molecule has 2 rings (SSSR count). The fourth-order valence-corrected chi connectivity index (χ4v) is 1.97. The maximum Gasteiger partial charge on any atom is 0.251 e. The van der Waals surface area contributed by atoms with Gasteiger partial charge < -0.3 is 5.32 Å². The molecule has 0 aromatic heterocycles. The predicted octanol–water partition coefficient (Wildman–Crippen LogP) is 0.966. The quantitative estimate of drug-likeness (QED) is 0.642. The lowest BCUT2D eigenvalue weighted by molar-refractivity contribution is -0.121. The first-order valence-corrected chi connectivity index (χ1v) is 5.88. The number of nitrogens with zero attached hydrogens (tertiary/aromatic N) is 2. The number of hydrogen-bond donors (Lipinski definition) is 1. The monoisotopic (exact) mass is 255 g/mol. The van der Waals surface area contributed by atoms with Crippen molar-refractivity contribution in [3.63, 3.8) is 0 Å². The summed E-state index contributed by atoms with van der Waals surface area (Å²) in [4.78, 5) is 25.2. The molecule has 5 nitrogen and oxygen atoms in total. The molecule has 1 N–H and O–H groups in total. The molecule has 1 fully saturated rings. The summed E-state index contributed by atoms with van der Waals surface area (Å²) in [6.07, 6.45) is 1.79. The van der Waals surface area contributed by atoms with Gasteiger partial charge in [0.1, 0.15) is 0 Å². The van der Waals surface area contributed by atoms with Crippen LogP contribution in [-0.4, -0.2) is 24.4 Å². The molecule has 0 saturated carbocycles. The molecule has 19 heavy (non-hydrogen) atoms. The minimum atomic E-state index is -0.499. The second-order valence-electron chi connectivity index (χ2n) is 4.18. The first-order chi connectivity index (χ1) is 9.17. The largest absolute Gasteiger partial charge is 0.302 e. The van der Waals surface area contributed by atoms with Gasteiger partial charge in [0.15, 0.2) is 0 Å². The van der Waals surface area contributed by atoms with Crippen LogP contribution in [0.15, 0.2) is 36.9 Å². The second kappa shape index (κ2) is 5.46. The van der Waals surface area contributed by atoms with E-state index < -0.39 is 6.04 Å². The molecular weight excluding hydrogens is 242 g/mol. The molecule has 1 aromatic rings. The first kappa shape index (κ1) is 13.0. The Morgan fingerprint density at radius 3 is 2.68 bits per heavy atom. The van der Waals surface area contributed by atoms with E-state index in [2.05, 4.69) is 11.9 Å². The van der Waals surface area contributed by atoms with Gasteiger partial charge in [-0.2, -0.15) is 5.26 Å². The molecule has 1 aliphatic heterocycles. The SMILES string of the molecule is C=CCNC1CC(=O)N(c2ccc(C#N)cc2)C1=O. The Morgan fingerprint density at radius 1 is 1.42 bits per heavy atom. The third kappa shape index (κ3) is 2.54. The van der Waals surface area contributed by atoms with Gasteiger partial charge in [0.05, 0.1) is 29.8 Å². The number of carbonyl (C=O) groups excluding carboxylic acids is 2. The zero-order chi connectivity index (χ0) is 13.8. The maximum atomic E-state index is 12.1. The number of rotatable bonds is 4. The minimum absolute atomic E-state index is 0.146. The third-order valence-corrected chi connectivity index (χ3v) is 2.91. The van der Waals surface area contributed by atoms with Gasteiger partial charge in [0.25, 0.3) is 5.91 Å². The van der Waals surface area contributed by atoms with Gasteiger partial charge in [-0.25, -0.2) is 4.90 Å². The third-order valence-electron chi connectivity index (χ3n) is 2.91. The summed E-state index contributed by atoms with van der Waals surface area (Å²) in [5.41, 5.74) is 0.987. The molecular formula is C14H13N3O2. The predicted molar refractivity (Wildman–Crippen MR) is 70.3 cm³/mol. The first-order valence-electron chi connectivity index (χ1n) is 5.88. The van der Waals surface area contributed by atoms with Gasteiger partial charge in [-0.05, 0) is 24.3 Å². The van der Waals surface area contributed by atoms with E-state index in [9.17, 15) is 9.59 Å². The van der Waals surface area contributed by atoms with Crippen molar-refractivity contribution in [1.29, 1.82) is 5.26 Å². The number of hydrogen-bond acceptors (Lipinski definition) is 4. The van der Waals surface area contributed by atoms with Gasteiger partial charge in [0, 0.05) is 6.54 Å². The van der Waals surface area contributed by atoms with Crippen molar-refractivity contribution in [3.05, 3.63) is 42.5 Å². The Labute approximate surface area is 111 Å². The molecule has 0 spiro atoms. The topological polar surface area (TPSA) is 73.2 Å². The average Bonchev–Trinajstić information content (AvgIpc) is 2.71. The van der Waals surface area contributed by atoms with Crippen molar-refractivity contribution < 1.29 is 9.59 Å². The Bertz CT molecular complexity index is 557. The number of imide groups is 1. The molecule has 5 heteroatoms. The lowest BCUT2D eigenvalue weighted by Crippen LogP contribution is -2.38. The van der Waals surface area contributed by atoms with E-state index in [1.165, 1.54) is 0 Å². The van der Waals surface area contributed by atoms with E-state index in [4.69, 9.17) is 5.26 Å². The number of benzene rings is 1. The summed E-state index contributed by atoms with van der Waals surface area (Å²) in [5, 5.41) is 11.7. The van der Waals surface area contributed by atoms with Crippen LogP contribution in [0.3, 0.4) is 0 Å². The van der Waals surface area contributed by atoms with Gasteiger partial charge >= 0.3 is 0 Å². The summed E-state index contributed by atoms with van der Waals surface area (Å²) in [6.45, 7) is 4.04. The molecule has 1 unspecified atom stereocenters. The summed E-state index contributed by atoms with van der Waals surface area (Å²) in [7, 11) is 0. The molecule has 0 bridgehead atoms. The van der Waals surface area contributed by atoms with E-state index >= 15 is 0 Å². The molecule has 96 valence electrons. The highest BCUT2D eigenvalue weighted by Gasteiger charge is 2.38. The molecule has 0 radical (unpaired) electrons. The lowest BCUT2D eigenvalue weighted by atomic mass is 10.2. The van der Waals surface area contributed by atoms with E-state index in [1.54, 1.807) is 30.3 Å². The summed E-state index contributed by atoms with van der Waals surface area (Å²) in [6, 6.07) is 7.86. The van der Waals surface area contributed by atoms with E-state index in [-0.39, 0.29) is 18.2 Å². The average molecular weight is 255 g/mol. The van der Waals surface area contributed by atoms with Crippen LogP contribution in [-0.2, 0) is 9.59 Å². The molecule has 2 amide bonds. The van der Waals surface area contributed by atoms with Crippen molar-refractivity contribution in [2.45, 2.75) is 12.5 Å². The Hall–Kier alpha value is -2.45. The lowest BCUT2D eigenvalue weighted by Gasteiger charge is -2.15. The summed E-state index contributed by atoms with van der Waals surface area (Å²) < 4.78 is 0. The van der Waals surface area contributed by atoms with Gasteiger partial charge in [-0.3, -0.25) is 9.59 Å². The number of anilines is 1. The Balaban J connectivity index is 2.19. The normalized spacial score (nSPS) is 18.5. The van der Waals surface area contributed by atoms with Crippen LogP contribution in [0.1, 0.15) is 12.0 Å². The summed E-state index contributed by atoms with van der Waals surface area (Å²) >= 11 is 0. The van der Waals surface area contributed by atoms with Crippen LogP contribution in [0, 0.1) is 11.3 Å². The van der Waals surface area contributed by atoms with Crippen LogP contribution in [0.2, 0.25) is 0 Å². The van der Waals surface area contributed by atoms with Crippen LogP contribution in [0.25, 0.3) is 0 Å². The Morgan fingerprint density at radius 2 is 2.11 bits per heavy atom. The number of nitriles is 1. The van der Waals surface area contributed by atoms with Gasteiger partial charge in [-0.1, -0.05) is 6.08 Å². The number of amides is 2. The highest BCUT2D eigenvalue weighted by molar-refractivity contribution is 6.22. The van der Waals surface area contributed by atoms with Crippen molar-refractivity contribution in [3.8, 4) is 6.07 Å². The van der Waals surface area contributed by atoms with E-state index in [0.717, 1.165) is 4.90 Å². The molecule has 1 heterocycles. The fraction of sp³-hybridized carbons (Fsp3) is 0.214. The minimum Gasteiger partial charge on any atom is -0.302 e. The molecule has 1 aromatic carbocycles. The number of nitrogens with one attached hydrogen (secondary N) is 1. The Kier molecular flexibility index (Phi) is 3.74. The van der Waals surface area contributed by atoms with Gasteiger partial charge in [-0.15, -0.1) is 6.58 Å². The zero-order valence-corrected chi connectivity index (χ0v) is 10.3. The second-order valence-corrected chi connectivity index (χ2v) is 4.18. The van der Waals surface area contributed by atoms with Crippen LogP contribution >= 0.6 is 0 Å². The molecule has 1 aliphatic rings. The summed E-state index contributed by atoms with van der Waals surface area (Å²) in [5.74, 6) is -0.507. The van der Waals surface area contributed by atoms with Crippen molar-refractivity contribution in [2.24, 2.45) is 0 Å². The highest BCUT2D eigenvalue weighted by atomic mass is 16.2. The van der Waals surface area contributed by atoms with Crippen molar-refractivity contribution >= 4 is 17.5 Å². The zero-order valence-electron chi connectivity index (χ0n) is 10.3. The van der Waals surface area contributed by atoms with Crippen LogP contribution in [0.5, 0.6) is 0 Å².